The zero-order valence-corrected chi connectivity index (χ0v) is 15.2. The minimum atomic E-state index is -1.55. The van der Waals surface area contributed by atoms with Crippen molar-refractivity contribution < 1.29 is 34.5 Å². The van der Waals surface area contributed by atoms with E-state index in [1.54, 1.807) is 13.8 Å². The second-order valence-corrected chi connectivity index (χ2v) is 6.29. The number of aliphatic carboxylic acids is 1. The van der Waals surface area contributed by atoms with Crippen LogP contribution in [0.1, 0.15) is 27.7 Å². The van der Waals surface area contributed by atoms with Crippen LogP contribution in [0.5, 0.6) is 0 Å². The van der Waals surface area contributed by atoms with E-state index in [1.807, 2.05) is 0 Å². The fraction of sp³-hybridized carbons (Fsp3) is 0.733. The number of nitrogens with two attached hydrogens (primary N) is 1. The second kappa shape index (κ2) is 10.7. The molecule has 0 aliphatic rings. The highest BCUT2D eigenvalue weighted by Crippen LogP contribution is 2.05. The molecule has 0 saturated heterocycles. The first kappa shape index (κ1) is 23.8. The summed E-state index contributed by atoms with van der Waals surface area (Å²) in [6.07, 6.45) is -2.61. The Kier molecular flexibility index (Phi) is 9.76. The average Bonchev–Trinajstić information content (AvgIpc) is 2.53. The van der Waals surface area contributed by atoms with Crippen molar-refractivity contribution in [3.63, 3.8) is 0 Å². The van der Waals surface area contributed by atoms with Crippen LogP contribution < -0.4 is 21.7 Å². The lowest BCUT2D eigenvalue weighted by Gasteiger charge is -2.28. The summed E-state index contributed by atoms with van der Waals surface area (Å²) in [4.78, 5) is 47.1. The first-order valence-electron chi connectivity index (χ1n) is 8.11. The molecule has 8 N–H and O–H groups in total. The highest BCUT2D eigenvalue weighted by Gasteiger charge is 2.33. The molecule has 0 aliphatic carbocycles. The van der Waals surface area contributed by atoms with Gasteiger partial charge in [0.2, 0.25) is 17.7 Å². The quantitative estimate of drug-likeness (QED) is 0.208. The Hall–Kier alpha value is -2.24. The average molecular weight is 376 g/mol. The van der Waals surface area contributed by atoms with E-state index in [0.717, 1.165) is 0 Å². The van der Waals surface area contributed by atoms with E-state index < -0.39 is 59.9 Å². The van der Waals surface area contributed by atoms with E-state index in [9.17, 15) is 29.4 Å². The van der Waals surface area contributed by atoms with Crippen LogP contribution >= 0.6 is 0 Å². The molecular weight excluding hydrogens is 348 g/mol. The van der Waals surface area contributed by atoms with E-state index in [4.69, 9.17) is 10.8 Å². The fourth-order valence-corrected chi connectivity index (χ4v) is 2.05. The number of hydrogen-bond donors (Lipinski definition) is 7. The molecule has 5 atom stereocenters. The van der Waals surface area contributed by atoms with Crippen molar-refractivity contribution >= 4 is 23.7 Å². The van der Waals surface area contributed by atoms with Crippen molar-refractivity contribution in [2.75, 3.05) is 6.54 Å². The minimum absolute atomic E-state index is 0.390. The molecule has 0 bridgehead atoms. The van der Waals surface area contributed by atoms with Crippen molar-refractivity contribution in [3.05, 3.63) is 0 Å². The predicted molar refractivity (Wildman–Crippen MR) is 90.7 cm³/mol. The van der Waals surface area contributed by atoms with Crippen LogP contribution in [-0.2, 0) is 19.2 Å². The summed E-state index contributed by atoms with van der Waals surface area (Å²) in [6.45, 7) is 5.31. The minimum Gasteiger partial charge on any atom is -0.480 e. The number of nitrogens with one attached hydrogen (secondary N) is 3. The highest BCUT2D eigenvalue weighted by molar-refractivity contribution is 5.94. The topological polar surface area (TPSA) is 191 Å². The van der Waals surface area contributed by atoms with Gasteiger partial charge in [-0.25, -0.2) is 4.79 Å². The van der Waals surface area contributed by atoms with Crippen LogP contribution in [0.3, 0.4) is 0 Å². The van der Waals surface area contributed by atoms with Gasteiger partial charge in [0.05, 0.1) is 18.8 Å². The van der Waals surface area contributed by atoms with Crippen LogP contribution in [0.4, 0.5) is 0 Å². The summed E-state index contributed by atoms with van der Waals surface area (Å²) in [5.41, 5.74) is 5.16. The third kappa shape index (κ3) is 7.33. The monoisotopic (exact) mass is 376 g/mol. The van der Waals surface area contributed by atoms with Crippen molar-refractivity contribution in [1.82, 2.24) is 16.0 Å². The lowest BCUT2D eigenvalue weighted by Crippen LogP contribution is -2.60. The fourth-order valence-electron chi connectivity index (χ4n) is 2.05. The standard InChI is InChI=1S/C15H28N4O7/c1-6(2)10(13(23)19-12(8(4)21)15(25)26)18-14(24)11(7(3)20)17-9(22)5-16/h6-8,10-12,20-21H,5,16H2,1-4H3,(H,17,22)(H,18,24)(H,19,23)(H,25,26). The van der Waals surface area contributed by atoms with Crippen LogP contribution in [0.2, 0.25) is 0 Å². The molecule has 26 heavy (non-hydrogen) atoms. The molecule has 150 valence electrons. The van der Waals surface area contributed by atoms with Gasteiger partial charge in [0.25, 0.3) is 0 Å². The van der Waals surface area contributed by atoms with Gasteiger partial charge in [-0.3, -0.25) is 14.4 Å². The summed E-state index contributed by atoms with van der Waals surface area (Å²) in [5.74, 6) is -4.20. The Bertz CT molecular complexity index is 522. The van der Waals surface area contributed by atoms with Crippen molar-refractivity contribution in [2.45, 2.75) is 58.0 Å². The molecule has 0 aromatic heterocycles. The highest BCUT2D eigenvalue weighted by atomic mass is 16.4. The molecule has 0 rings (SSSR count). The van der Waals surface area contributed by atoms with E-state index in [2.05, 4.69) is 16.0 Å². The van der Waals surface area contributed by atoms with Crippen LogP contribution in [0.15, 0.2) is 0 Å². The SMILES string of the molecule is CC(C)C(NC(=O)C(NC(=O)CN)C(C)O)C(=O)NC(C(=O)O)C(C)O. The molecule has 0 aliphatic heterocycles. The Morgan fingerprint density at radius 2 is 1.23 bits per heavy atom. The van der Waals surface area contributed by atoms with E-state index in [-0.39, 0.29) is 6.54 Å². The van der Waals surface area contributed by atoms with Gasteiger partial charge in [0, 0.05) is 0 Å². The summed E-state index contributed by atoms with van der Waals surface area (Å²) in [6, 6.07) is -4.04. The Labute approximate surface area is 151 Å². The van der Waals surface area contributed by atoms with Gasteiger partial charge in [-0.05, 0) is 19.8 Å². The zero-order valence-electron chi connectivity index (χ0n) is 15.2. The van der Waals surface area contributed by atoms with Gasteiger partial charge in [0.1, 0.15) is 12.1 Å². The molecule has 0 radical (unpaired) electrons. The second-order valence-electron chi connectivity index (χ2n) is 6.29. The number of rotatable bonds is 10. The lowest BCUT2D eigenvalue weighted by molar-refractivity contribution is -0.145. The van der Waals surface area contributed by atoms with Crippen molar-refractivity contribution in [2.24, 2.45) is 11.7 Å². The summed E-state index contributed by atoms with van der Waals surface area (Å²) in [7, 11) is 0. The maximum atomic E-state index is 12.3. The van der Waals surface area contributed by atoms with Gasteiger partial charge in [-0.1, -0.05) is 13.8 Å². The van der Waals surface area contributed by atoms with Crippen molar-refractivity contribution in [3.8, 4) is 0 Å². The third-order valence-electron chi connectivity index (χ3n) is 3.56. The smallest absolute Gasteiger partial charge is 0.328 e. The first-order valence-corrected chi connectivity index (χ1v) is 8.11. The van der Waals surface area contributed by atoms with Crippen LogP contribution in [0.25, 0.3) is 0 Å². The van der Waals surface area contributed by atoms with E-state index >= 15 is 0 Å². The Morgan fingerprint density at radius 3 is 1.58 bits per heavy atom. The van der Waals surface area contributed by atoms with E-state index in [1.165, 1.54) is 13.8 Å². The number of aliphatic hydroxyl groups excluding tert-OH is 2. The number of aliphatic hydroxyl groups is 2. The summed E-state index contributed by atoms with van der Waals surface area (Å²) in [5, 5.41) is 34.9. The van der Waals surface area contributed by atoms with E-state index in [0.29, 0.717) is 0 Å². The van der Waals surface area contributed by atoms with Gasteiger partial charge in [-0.15, -0.1) is 0 Å². The molecule has 0 spiro atoms. The molecule has 0 heterocycles. The summed E-state index contributed by atoms with van der Waals surface area (Å²) < 4.78 is 0. The number of carboxylic acids is 1. The maximum Gasteiger partial charge on any atom is 0.328 e. The Morgan fingerprint density at radius 1 is 0.808 bits per heavy atom. The largest absolute Gasteiger partial charge is 0.480 e. The molecule has 11 nitrogen and oxygen atoms in total. The molecule has 11 heteroatoms. The van der Waals surface area contributed by atoms with Crippen molar-refractivity contribution in [1.29, 1.82) is 0 Å². The number of carbonyl (C=O) groups excluding carboxylic acids is 3. The predicted octanol–water partition coefficient (Wildman–Crippen LogP) is -3.10. The number of carbonyl (C=O) groups is 4. The summed E-state index contributed by atoms with van der Waals surface area (Å²) >= 11 is 0. The number of amides is 3. The molecule has 0 fully saturated rings. The molecule has 0 saturated carbocycles. The Balaban J connectivity index is 5.25. The normalized spacial score (nSPS) is 16.8. The zero-order chi connectivity index (χ0) is 20.6. The molecule has 0 aromatic rings. The van der Waals surface area contributed by atoms with Gasteiger partial charge in [0.15, 0.2) is 6.04 Å². The number of carboxylic acid groups (broad SMARTS) is 1. The van der Waals surface area contributed by atoms with Crippen LogP contribution in [-0.4, -0.2) is 75.9 Å². The van der Waals surface area contributed by atoms with Gasteiger partial charge in [-0.2, -0.15) is 0 Å². The van der Waals surface area contributed by atoms with Gasteiger partial charge >= 0.3 is 5.97 Å². The number of hydrogen-bond acceptors (Lipinski definition) is 7. The van der Waals surface area contributed by atoms with Crippen LogP contribution in [0, 0.1) is 5.92 Å². The molecule has 3 amide bonds. The molecule has 5 unspecified atom stereocenters. The lowest BCUT2D eigenvalue weighted by atomic mass is 10.0. The molecular formula is C15H28N4O7. The first-order chi connectivity index (χ1) is 11.9. The molecule has 0 aromatic carbocycles. The maximum absolute atomic E-state index is 12.3. The van der Waals surface area contributed by atoms with Gasteiger partial charge < -0.3 is 37.0 Å². The third-order valence-corrected chi connectivity index (χ3v) is 3.56.